The normalized spacial score (nSPS) is 18.0. The molecule has 0 saturated heterocycles. The second kappa shape index (κ2) is 11.8. The summed E-state index contributed by atoms with van der Waals surface area (Å²) < 4.78 is 14.9. The number of nitrogens with zero attached hydrogens (tertiary/aromatic N) is 3. The van der Waals surface area contributed by atoms with Gasteiger partial charge in [-0.25, -0.2) is 4.39 Å². The number of halogens is 2. The lowest BCUT2D eigenvalue weighted by molar-refractivity contribution is -0.132. The number of aliphatic imine (C=N–C) groups is 1. The quantitative estimate of drug-likeness (QED) is 0.403. The minimum Gasteiger partial charge on any atom is -0.343 e. The summed E-state index contributed by atoms with van der Waals surface area (Å²) in [5, 5.41) is 0.644. The molecule has 2 fully saturated rings. The fourth-order valence-electron chi connectivity index (χ4n) is 5.24. The first kappa shape index (κ1) is 27.3. The molecule has 5 rings (SSSR count). The van der Waals surface area contributed by atoms with Gasteiger partial charge in [-0.15, -0.1) is 0 Å². The number of amides is 2. The molecule has 37 heavy (non-hydrogen) atoms. The zero-order chi connectivity index (χ0) is 26.6. The van der Waals surface area contributed by atoms with E-state index in [1.165, 1.54) is 6.07 Å². The van der Waals surface area contributed by atoms with Crippen LogP contribution in [0.1, 0.15) is 71.3 Å². The Balaban J connectivity index is 0.000000245. The molecule has 3 aliphatic rings. The smallest absolute Gasteiger partial charge is 0.256 e. The Labute approximate surface area is 224 Å². The van der Waals surface area contributed by atoms with Crippen molar-refractivity contribution in [2.45, 2.75) is 71.3 Å². The van der Waals surface area contributed by atoms with Crippen LogP contribution in [-0.2, 0) is 9.59 Å². The summed E-state index contributed by atoms with van der Waals surface area (Å²) in [5.74, 6) is 0.904. The van der Waals surface area contributed by atoms with Gasteiger partial charge in [0.15, 0.2) is 0 Å². The summed E-state index contributed by atoms with van der Waals surface area (Å²) in [6.45, 7) is 8.38. The molecular formula is C30H37ClFN3O2. The molecule has 1 heterocycles. The van der Waals surface area contributed by atoms with Crippen LogP contribution in [0.5, 0.6) is 0 Å². The number of hydrogen-bond acceptors (Lipinski definition) is 3. The number of likely N-dealkylation sites (N-methyl/N-ethyl adjacent to an activating group) is 1. The Kier molecular flexibility index (Phi) is 8.68. The van der Waals surface area contributed by atoms with Gasteiger partial charge in [-0.05, 0) is 81.3 Å². The first-order chi connectivity index (χ1) is 17.8. The highest BCUT2D eigenvalue weighted by Gasteiger charge is 2.49. The van der Waals surface area contributed by atoms with Crippen LogP contribution in [-0.4, -0.2) is 52.6 Å². The fraction of sp³-hybridized carbons (Fsp3) is 0.500. The molecule has 0 N–H and O–H groups in total. The molecule has 198 valence electrons. The Morgan fingerprint density at radius 2 is 1.73 bits per heavy atom. The molecule has 0 unspecified atom stereocenters. The fourth-order valence-corrected chi connectivity index (χ4v) is 5.37. The van der Waals surface area contributed by atoms with Crippen LogP contribution in [0.4, 0.5) is 4.39 Å². The van der Waals surface area contributed by atoms with Gasteiger partial charge in [0, 0.05) is 30.6 Å². The van der Waals surface area contributed by atoms with Crippen molar-refractivity contribution in [1.82, 2.24) is 9.80 Å². The first-order valence-corrected chi connectivity index (χ1v) is 14.0. The second-order valence-electron chi connectivity index (χ2n) is 10.1. The summed E-state index contributed by atoms with van der Waals surface area (Å²) in [6, 6.07) is 12.4. The Morgan fingerprint density at radius 3 is 2.27 bits per heavy atom. The maximum Gasteiger partial charge on any atom is 0.256 e. The molecule has 2 saturated carbocycles. The molecule has 2 aromatic carbocycles. The summed E-state index contributed by atoms with van der Waals surface area (Å²) in [5.41, 5.74) is 1.39. The molecule has 0 bridgehead atoms. The highest BCUT2D eigenvalue weighted by molar-refractivity contribution is 6.30. The Hall–Kier alpha value is -2.73. The molecule has 5 nitrogen and oxygen atoms in total. The predicted octanol–water partition coefficient (Wildman–Crippen LogP) is 6.72. The van der Waals surface area contributed by atoms with Crippen LogP contribution in [0.15, 0.2) is 47.5 Å². The largest absolute Gasteiger partial charge is 0.343 e. The van der Waals surface area contributed by atoms with E-state index in [1.807, 2.05) is 30.0 Å². The van der Waals surface area contributed by atoms with Crippen molar-refractivity contribution in [3.8, 4) is 11.1 Å². The van der Waals surface area contributed by atoms with Crippen molar-refractivity contribution in [1.29, 1.82) is 0 Å². The average molecular weight is 526 g/mol. The van der Waals surface area contributed by atoms with Gasteiger partial charge in [-0.1, -0.05) is 49.6 Å². The maximum absolute atomic E-state index is 14.9. The van der Waals surface area contributed by atoms with Gasteiger partial charge in [-0.2, -0.15) is 0 Å². The Bertz CT molecular complexity index is 1150. The second-order valence-corrected chi connectivity index (χ2v) is 10.6. The summed E-state index contributed by atoms with van der Waals surface area (Å²) in [4.78, 5) is 32.6. The average Bonchev–Trinajstić information content (AvgIpc) is 3.59. The van der Waals surface area contributed by atoms with E-state index < -0.39 is 5.54 Å². The van der Waals surface area contributed by atoms with Gasteiger partial charge in [-0.3, -0.25) is 19.5 Å². The van der Waals surface area contributed by atoms with Crippen molar-refractivity contribution >= 4 is 29.3 Å². The van der Waals surface area contributed by atoms with E-state index in [0.717, 1.165) is 69.2 Å². The van der Waals surface area contributed by atoms with Gasteiger partial charge in [0.2, 0.25) is 5.91 Å². The topological polar surface area (TPSA) is 53.0 Å². The van der Waals surface area contributed by atoms with E-state index in [4.69, 9.17) is 16.6 Å². The third kappa shape index (κ3) is 5.90. The molecule has 0 atom stereocenters. The zero-order valence-electron chi connectivity index (χ0n) is 22.1. The van der Waals surface area contributed by atoms with E-state index in [0.29, 0.717) is 34.8 Å². The monoisotopic (exact) mass is 525 g/mol. The van der Waals surface area contributed by atoms with E-state index in [2.05, 4.69) is 13.8 Å². The Morgan fingerprint density at radius 1 is 1.08 bits per heavy atom. The number of carbonyl (C=O) groups is 2. The summed E-state index contributed by atoms with van der Waals surface area (Å²) in [6.07, 6.45) is 6.84. The van der Waals surface area contributed by atoms with Crippen molar-refractivity contribution in [2.24, 2.45) is 10.9 Å². The van der Waals surface area contributed by atoms with Gasteiger partial charge >= 0.3 is 0 Å². The minimum absolute atomic E-state index is 0.0219. The molecule has 0 radical (unpaired) electrons. The number of rotatable bonds is 7. The van der Waals surface area contributed by atoms with E-state index in [-0.39, 0.29) is 11.7 Å². The lowest BCUT2D eigenvalue weighted by atomic mass is 9.98. The van der Waals surface area contributed by atoms with Crippen molar-refractivity contribution in [3.63, 3.8) is 0 Å². The lowest BCUT2D eigenvalue weighted by Crippen LogP contribution is -2.41. The molecule has 1 spiro atoms. The number of benzene rings is 2. The van der Waals surface area contributed by atoms with Gasteiger partial charge < -0.3 is 4.90 Å². The standard InChI is InChI=1S/C21H20ClFN2O.C9H17NO/c1-2-25-19(24-21(20(25)26)11-3-4-12-21)17-10-7-15(13-18(17)23)14-5-8-16(22)9-6-14;1-3-7-10(4-2)9(11)8-5-6-8/h5-10,13H,2-4,11-12H2,1H3;8H,3-7H2,1-2H3. The van der Waals surface area contributed by atoms with Crippen LogP contribution < -0.4 is 0 Å². The molecule has 0 aromatic heterocycles. The summed E-state index contributed by atoms with van der Waals surface area (Å²) >= 11 is 5.92. The highest BCUT2D eigenvalue weighted by atomic mass is 35.5. The van der Waals surface area contributed by atoms with Crippen molar-refractivity contribution in [2.75, 3.05) is 19.6 Å². The minimum atomic E-state index is -0.660. The predicted molar refractivity (Wildman–Crippen MR) is 147 cm³/mol. The first-order valence-electron chi connectivity index (χ1n) is 13.6. The van der Waals surface area contributed by atoms with Crippen LogP contribution >= 0.6 is 11.6 Å². The third-order valence-electron chi connectivity index (χ3n) is 7.47. The van der Waals surface area contributed by atoms with Crippen LogP contribution in [0.3, 0.4) is 0 Å². The number of carbonyl (C=O) groups excluding carboxylic acids is 2. The molecular weight excluding hydrogens is 489 g/mol. The number of hydrogen-bond donors (Lipinski definition) is 0. The molecule has 7 heteroatoms. The maximum atomic E-state index is 14.9. The van der Waals surface area contributed by atoms with E-state index >= 15 is 0 Å². The van der Waals surface area contributed by atoms with E-state index in [9.17, 15) is 14.0 Å². The van der Waals surface area contributed by atoms with E-state index in [1.54, 1.807) is 23.1 Å². The summed E-state index contributed by atoms with van der Waals surface area (Å²) in [7, 11) is 0. The zero-order valence-corrected chi connectivity index (χ0v) is 22.9. The van der Waals surface area contributed by atoms with Gasteiger partial charge in [0.05, 0.1) is 5.56 Å². The molecule has 2 aromatic rings. The molecule has 2 amide bonds. The molecule has 1 aliphatic heterocycles. The number of amidine groups is 1. The van der Waals surface area contributed by atoms with Gasteiger partial charge in [0.1, 0.15) is 17.2 Å². The van der Waals surface area contributed by atoms with Crippen LogP contribution in [0, 0.1) is 11.7 Å². The van der Waals surface area contributed by atoms with Crippen molar-refractivity contribution in [3.05, 3.63) is 58.9 Å². The lowest BCUT2D eigenvalue weighted by Gasteiger charge is -2.21. The van der Waals surface area contributed by atoms with Crippen LogP contribution in [0.25, 0.3) is 11.1 Å². The molecule has 2 aliphatic carbocycles. The third-order valence-corrected chi connectivity index (χ3v) is 7.72. The highest BCUT2D eigenvalue weighted by Crippen LogP contribution is 2.40. The van der Waals surface area contributed by atoms with Crippen LogP contribution in [0.2, 0.25) is 5.02 Å². The van der Waals surface area contributed by atoms with Gasteiger partial charge in [0.25, 0.3) is 5.91 Å². The SMILES string of the molecule is CCCN(CC)C(=O)C1CC1.CCN1C(=O)C2(CCCC2)N=C1c1ccc(-c2ccc(Cl)cc2)cc1F. The van der Waals surface area contributed by atoms with Crippen molar-refractivity contribution < 1.29 is 14.0 Å².